The van der Waals surface area contributed by atoms with Gasteiger partial charge in [-0.2, -0.15) is 5.10 Å². The molecule has 10 heteroatoms. The number of nitrogens with one attached hydrogen (secondary N) is 1. The molecule has 0 spiro atoms. The molecule has 1 aliphatic heterocycles. The van der Waals surface area contributed by atoms with E-state index in [1.54, 1.807) is 16.9 Å². The summed E-state index contributed by atoms with van der Waals surface area (Å²) >= 11 is 0. The highest BCUT2D eigenvalue weighted by Crippen LogP contribution is 2.24. The predicted molar refractivity (Wildman–Crippen MR) is 110 cm³/mol. The summed E-state index contributed by atoms with van der Waals surface area (Å²) in [6, 6.07) is 10.8. The highest BCUT2D eigenvalue weighted by molar-refractivity contribution is 5.93. The topological polar surface area (TPSA) is 97.9 Å². The van der Waals surface area contributed by atoms with Crippen molar-refractivity contribution in [3.63, 3.8) is 0 Å². The van der Waals surface area contributed by atoms with Gasteiger partial charge in [-0.3, -0.25) is 14.3 Å². The van der Waals surface area contributed by atoms with Crippen molar-refractivity contribution in [2.45, 2.75) is 45.2 Å². The van der Waals surface area contributed by atoms with Crippen LogP contribution >= 0.6 is 0 Å². The van der Waals surface area contributed by atoms with Gasteiger partial charge in [0.1, 0.15) is 11.9 Å². The van der Waals surface area contributed by atoms with Crippen LogP contribution in [0.15, 0.2) is 48.8 Å². The molecule has 0 saturated carbocycles. The van der Waals surface area contributed by atoms with Gasteiger partial charge in [0.2, 0.25) is 0 Å². The number of nitrogens with zero attached hydrogens (tertiary/aromatic N) is 6. The standard InChI is InChI=1S/C21H24FN7O2/c1-2-29-19(8-9-24-29)21(31)28-12-16(22)10-17(28)13-27-14-18(25-26-27)20(30)23-11-15-6-4-3-5-7-15/h3-9,14,16-17H,2,10-13H2,1H3,(H,23,30)/t16-,17-/m0/s1. The first-order valence-corrected chi connectivity index (χ1v) is 10.2. The first-order valence-electron chi connectivity index (χ1n) is 10.2. The van der Waals surface area contributed by atoms with Gasteiger partial charge in [-0.25, -0.2) is 9.07 Å². The third kappa shape index (κ3) is 4.62. The van der Waals surface area contributed by atoms with Crippen LogP contribution in [0.4, 0.5) is 4.39 Å². The van der Waals surface area contributed by atoms with Gasteiger partial charge in [-0.15, -0.1) is 5.10 Å². The van der Waals surface area contributed by atoms with Crippen molar-refractivity contribution >= 4 is 11.8 Å². The van der Waals surface area contributed by atoms with E-state index in [1.165, 1.54) is 15.8 Å². The van der Waals surface area contributed by atoms with E-state index in [0.29, 0.717) is 18.8 Å². The molecule has 0 radical (unpaired) electrons. The second-order valence-electron chi connectivity index (χ2n) is 7.47. The molecule has 1 aromatic carbocycles. The molecule has 3 heterocycles. The zero-order valence-corrected chi connectivity index (χ0v) is 17.2. The number of carbonyl (C=O) groups excluding carboxylic acids is 2. The third-order valence-electron chi connectivity index (χ3n) is 5.32. The lowest BCUT2D eigenvalue weighted by Gasteiger charge is -2.24. The Morgan fingerprint density at radius 2 is 2.03 bits per heavy atom. The summed E-state index contributed by atoms with van der Waals surface area (Å²) in [6.07, 6.45) is 2.18. The van der Waals surface area contributed by atoms with Gasteiger partial charge in [-0.1, -0.05) is 35.5 Å². The van der Waals surface area contributed by atoms with Crippen LogP contribution in [0.1, 0.15) is 39.9 Å². The molecule has 2 aromatic heterocycles. The van der Waals surface area contributed by atoms with E-state index in [0.717, 1.165) is 5.56 Å². The van der Waals surface area contributed by atoms with Crippen LogP contribution in [-0.4, -0.2) is 60.2 Å². The minimum absolute atomic E-state index is 0.0253. The van der Waals surface area contributed by atoms with Crippen LogP contribution < -0.4 is 5.32 Å². The maximum absolute atomic E-state index is 14.2. The van der Waals surface area contributed by atoms with Crippen molar-refractivity contribution in [1.29, 1.82) is 0 Å². The first kappa shape index (κ1) is 20.7. The maximum Gasteiger partial charge on any atom is 0.273 e. The van der Waals surface area contributed by atoms with E-state index in [9.17, 15) is 14.0 Å². The fourth-order valence-electron chi connectivity index (χ4n) is 3.77. The van der Waals surface area contributed by atoms with E-state index in [1.807, 2.05) is 37.3 Å². The Hall–Kier alpha value is -3.56. The molecule has 0 aliphatic carbocycles. The molecule has 9 nitrogen and oxygen atoms in total. The van der Waals surface area contributed by atoms with Crippen LogP contribution in [0.2, 0.25) is 0 Å². The van der Waals surface area contributed by atoms with Crippen LogP contribution in [0.25, 0.3) is 0 Å². The van der Waals surface area contributed by atoms with Crippen molar-refractivity contribution in [3.05, 3.63) is 65.7 Å². The van der Waals surface area contributed by atoms with Crippen molar-refractivity contribution in [2.24, 2.45) is 0 Å². The summed E-state index contributed by atoms with van der Waals surface area (Å²) in [4.78, 5) is 26.8. The zero-order chi connectivity index (χ0) is 21.8. The number of carbonyl (C=O) groups is 2. The SMILES string of the molecule is CCn1nccc1C(=O)N1C[C@@H](F)C[C@H]1Cn1cc(C(=O)NCc2ccccc2)nn1. The zero-order valence-electron chi connectivity index (χ0n) is 17.2. The van der Waals surface area contributed by atoms with Crippen molar-refractivity contribution in [3.8, 4) is 0 Å². The van der Waals surface area contributed by atoms with Gasteiger partial charge in [0.05, 0.1) is 25.3 Å². The Morgan fingerprint density at radius 3 is 2.81 bits per heavy atom. The average molecular weight is 425 g/mol. The minimum Gasteiger partial charge on any atom is -0.347 e. The monoisotopic (exact) mass is 425 g/mol. The fourth-order valence-corrected chi connectivity index (χ4v) is 3.77. The Bertz CT molecular complexity index is 1050. The van der Waals surface area contributed by atoms with E-state index in [-0.39, 0.29) is 43.1 Å². The number of alkyl halides is 1. The van der Waals surface area contributed by atoms with E-state index >= 15 is 0 Å². The number of hydrogen-bond donors (Lipinski definition) is 1. The summed E-state index contributed by atoms with van der Waals surface area (Å²) in [5.41, 5.74) is 1.58. The number of aryl methyl sites for hydroxylation is 1. The van der Waals surface area contributed by atoms with Crippen LogP contribution in [0.5, 0.6) is 0 Å². The molecule has 2 amide bonds. The number of rotatable bonds is 7. The summed E-state index contributed by atoms with van der Waals surface area (Å²) in [5, 5.41) is 14.8. The van der Waals surface area contributed by atoms with Crippen molar-refractivity contribution in [2.75, 3.05) is 6.54 Å². The summed E-state index contributed by atoms with van der Waals surface area (Å²) in [7, 11) is 0. The molecular formula is C21H24FN7O2. The van der Waals surface area contributed by atoms with Crippen LogP contribution in [-0.2, 0) is 19.6 Å². The molecule has 0 unspecified atom stereocenters. The Kier molecular flexibility index (Phi) is 6.06. The van der Waals surface area contributed by atoms with Crippen molar-refractivity contribution in [1.82, 2.24) is 35.0 Å². The fraction of sp³-hybridized carbons (Fsp3) is 0.381. The maximum atomic E-state index is 14.2. The van der Waals surface area contributed by atoms with Crippen LogP contribution in [0, 0.1) is 0 Å². The normalized spacial score (nSPS) is 18.3. The molecule has 1 N–H and O–H groups in total. The molecule has 1 fully saturated rings. The predicted octanol–water partition coefficient (Wildman–Crippen LogP) is 1.68. The van der Waals surface area contributed by atoms with Gasteiger partial charge < -0.3 is 10.2 Å². The highest BCUT2D eigenvalue weighted by atomic mass is 19.1. The van der Waals surface area contributed by atoms with Gasteiger partial charge in [0.15, 0.2) is 5.69 Å². The molecule has 2 atom stereocenters. The quantitative estimate of drug-likeness (QED) is 0.621. The minimum atomic E-state index is -1.11. The summed E-state index contributed by atoms with van der Waals surface area (Å²) in [6.45, 7) is 3.11. The summed E-state index contributed by atoms with van der Waals surface area (Å²) < 4.78 is 17.3. The molecule has 1 saturated heterocycles. The Labute approximate surface area is 178 Å². The van der Waals surface area contributed by atoms with E-state index in [2.05, 4.69) is 20.7 Å². The number of benzene rings is 1. The molecule has 1 aliphatic rings. The lowest BCUT2D eigenvalue weighted by molar-refractivity contribution is 0.0701. The van der Waals surface area contributed by atoms with Gasteiger partial charge >= 0.3 is 0 Å². The highest BCUT2D eigenvalue weighted by Gasteiger charge is 2.37. The molecular weight excluding hydrogens is 401 g/mol. The second kappa shape index (κ2) is 9.07. The molecule has 31 heavy (non-hydrogen) atoms. The van der Waals surface area contributed by atoms with Gasteiger partial charge in [-0.05, 0) is 18.6 Å². The molecule has 0 bridgehead atoms. The summed E-state index contributed by atoms with van der Waals surface area (Å²) in [5.74, 6) is -0.602. The Morgan fingerprint density at radius 1 is 1.23 bits per heavy atom. The van der Waals surface area contributed by atoms with Crippen LogP contribution in [0.3, 0.4) is 0 Å². The average Bonchev–Trinajstić information content (AvgIpc) is 3.52. The van der Waals surface area contributed by atoms with Gasteiger partial charge in [0, 0.05) is 25.7 Å². The largest absolute Gasteiger partial charge is 0.347 e. The molecule has 162 valence electrons. The first-order chi connectivity index (χ1) is 15.0. The Balaban J connectivity index is 1.40. The molecule has 3 aromatic rings. The smallest absolute Gasteiger partial charge is 0.273 e. The number of hydrogen-bond acceptors (Lipinski definition) is 5. The van der Waals surface area contributed by atoms with Gasteiger partial charge in [0.25, 0.3) is 11.8 Å². The lowest BCUT2D eigenvalue weighted by Crippen LogP contribution is -2.39. The third-order valence-corrected chi connectivity index (χ3v) is 5.32. The lowest BCUT2D eigenvalue weighted by atomic mass is 10.2. The van der Waals surface area contributed by atoms with E-state index < -0.39 is 6.17 Å². The number of likely N-dealkylation sites (tertiary alicyclic amines) is 1. The number of halogens is 1. The van der Waals surface area contributed by atoms with Crippen molar-refractivity contribution < 1.29 is 14.0 Å². The second-order valence-corrected chi connectivity index (χ2v) is 7.47. The number of amides is 2. The molecule has 4 rings (SSSR count). The van der Waals surface area contributed by atoms with E-state index in [4.69, 9.17) is 0 Å². The number of aromatic nitrogens is 5.